The molecule has 1 atom stereocenters. The summed E-state index contributed by atoms with van der Waals surface area (Å²) in [6.07, 6.45) is 4.39. The number of hydrogen-bond acceptors (Lipinski definition) is 4. The number of carbonyl (C=O) groups is 3. The van der Waals surface area contributed by atoms with E-state index in [1.54, 1.807) is 12.1 Å². The number of hydrogen-bond donors (Lipinski definition) is 1. The number of nitrogens with zero attached hydrogens (tertiary/aromatic N) is 1. The standard InChI is InChI=1S/C24H23ClN2O4/c25-17-7-5-16(6-8-17)24(10-2-11-24)26-21(28)15-4-9-19-20(13-15)23(30)27(22(19)29)14-18-3-1-12-31-18/h4-9,13,18H,1-3,10-12,14H2,(H,26,28). The fourth-order valence-electron chi connectivity index (χ4n) is 4.66. The molecule has 2 fully saturated rings. The molecule has 0 radical (unpaired) electrons. The van der Waals surface area contributed by atoms with Crippen LogP contribution in [0.2, 0.25) is 5.02 Å². The highest BCUT2D eigenvalue weighted by Gasteiger charge is 2.41. The zero-order valence-electron chi connectivity index (χ0n) is 17.0. The molecule has 2 aliphatic heterocycles. The van der Waals surface area contributed by atoms with E-state index in [-0.39, 0.29) is 35.9 Å². The van der Waals surface area contributed by atoms with Crippen LogP contribution in [0.5, 0.6) is 0 Å². The van der Waals surface area contributed by atoms with Gasteiger partial charge in [-0.2, -0.15) is 0 Å². The molecule has 31 heavy (non-hydrogen) atoms. The number of benzene rings is 2. The van der Waals surface area contributed by atoms with E-state index < -0.39 is 5.54 Å². The summed E-state index contributed by atoms with van der Waals surface area (Å²) in [6.45, 7) is 0.918. The molecular weight excluding hydrogens is 416 g/mol. The third kappa shape index (κ3) is 3.54. The summed E-state index contributed by atoms with van der Waals surface area (Å²) >= 11 is 6.01. The van der Waals surface area contributed by atoms with Crippen LogP contribution in [0.1, 0.15) is 68.7 Å². The molecular formula is C24H23ClN2O4. The maximum atomic E-state index is 13.1. The number of halogens is 1. The third-order valence-electron chi connectivity index (χ3n) is 6.60. The summed E-state index contributed by atoms with van der Waals surface area (Å²) in [5.74, 6) is -0.935. The van der Waals surface area contributed by atoms with Gasteiger partial charge in [0, 0.05) is 17.2 Å². The summed E-state index contributed by atoms with van der Waals surface area (Å²) in [7, 11) is 0. The second-order valence-corrected chi connectivity index (χ2v) is 8.95. The van der Waals surface area contributed by atoms with Crippen molar-refractivity contribution < 1.29 is 19.1 Å². The van der Waals surface area contributed by atoms with Gasteiger partial charge in [-0.25, -0.2) is 0 Å². The van der Waals surface area contributed by atoms with Crippen molar-refractivity contribution in [1.29, 1.82) is 0 Å². The van der Waals surface area contributed by atoms with Crippen LogP contribution in [-0.4, -0.2) is 41.9 Å². The van der Waals surface area contributed by atoms with Crippen molar-refractivity contribution in [2.75, 3.05) is 13.2 Å². The Kier molecular flexibility index (Phi) is 5.07. The smallest absolute Gasteiger partial charge is 0.261 e. The highest BCUT2D eigenvalue weighted by Crippen LogP contribution is 2.42. The van der Waals surface area contributed by atoms with Crippen LogP contribution >= 0.6 is 11.6 Å². The SMILES string of the molecule is O=C(NC1(c2ccc(Cl)cc2)CCC1)c1ccc2c(c1)C(=O)N(CC1CCCO1)C2=O. The molecule has 2 heterocycles. The van der Waals surface area contributed by atoms with E-state index in [2.05, 4.69) is 5.32 Å². The van der Waals surface area contributed by atoms with E-state index in [1.807, 2.05) is 24.3 Å². The lowest BCUT2D eigenvalue weighted by molar-refractivity contribution is 0.0475. The lowest BCUT2D eigenvalue weighted by Crippen LogP contribution is -2.50. The fraction of sp³-hybridized carbons (Fsp3) is 0.375. The Morgan fingerprint density at radius 1 is 1.06 bits per heavy atom. The number of nitrogens with one attached hydrogen (secondary N) is 1. The average Bonchev–Trinajstić information content (AvgIpc) is 3.34. The highest BCUT2D eigenvalue weighted by atomic mass is 35.5. The zero-order valence-corrected chi connectivity index (χ0v) is 17.8. The van der Waals surface area contributed by atoms with Crippen molar-refractivity contribution in [3.63, 3.8) is 0 Å². The van der Waals surface area contributed by atoms with E-state index in [4.69, 9.17) is 16.3 Å². The largest absolute Gasteiger partial charge is 0.376 e. The van der Waals surface area contributed by atoms with Crippen molar-refractivity contribution in [1.82, 2.24) is 10.2 Å². The van der Waals surface area contributed by atoms with Crippen LogP contribution in [0.25, 0.3) is 0 Å². The first-order chi connectivity index (χ1) is 15.0. The van der Waals surface area contributed by atoms with Gasteiger partial charge in [-0.15, -0.1) is 0 Å². The van der Waals surface area contributed by atoms with Crippen LogP contribution < -0.4 is 5.32 Å². The molecule has 0 aromatic heterocycles. The normalized spacial score (nSPS) is 21.7. The van der Waals surface area contributed by atoms with Crippen molar-refractivity contribution in [2.24, 2.45) is 0 Å². The predicted octanol–water partition coefficient (Wildman–Crippen LogP) is 3.92. The second kappa shape index (κ2) is 7.77. The average molecular weight is 439 g/mol. The van der Waals surface area contributed by atoms with Crippen molar-refractivity contribution in [3.8, 4) is 0 Å². The Balaban J connectivity index is 1.36. The Hall–Kier alpha value is -2.70. The lowest BCUT2D eigenvalue weighted by Gasteiger charge is -2.43. The van der Waals surface area contributed by atoms with Crippen LogP contribution in [-0.2, 0) is 10.3 Å². The molecule has 1 aliphatic carbocycles. The lowest BCUT2D eigenvalue weighted by atomic mass is 9.71. The quantitative estimate of drug-likeness (QED) is 0.718. The second-order valence-electron chi connectivity index (χ2n) is 8.51. The fourth-order valence-corrected chi connectivity index (χ4v) is 4.79. The van der Waals surface area contributed by atoms with Crippen molar-refractivity contribution in [2.45, 2.75) is 43.7 Å². The van der Waals surface area contributed by atoms with Gasteiger partial charge >= 0.3 is 0 Å². The number of carbonyl (C=O) groups excluding carboxylic acids is 3. The van der Waals surface area contributed by atoms with E-state index in [0.717, 1.165) is 37.7 Å². The molecule has 6 nitrogen and oxygen atoms in total. The van der Waals surface area contributed by atoms with Gasteiger partial charge in [-0.05, 0) is 68.0 Å². The van der Waals surface area contributed by atoms with E-state index >= 15 is 0 Å². The minimum absolute atomic E-state index is 0.108. The minimum atomic E-state index is -0.424. The first-order valence-corrected chi connectivity index (χ1v) is 11.1. The molecule has 7 heteroatoms. The maximum Gasteiger partial charge on any atom is 0.261 e. The maximum absolute atomic E-state index is 13.1. The van der Waals surface area contributed by atoms with Crippen LogP contribution in [0, 0.1) is 0 Å². The Labute approximate surface area is 185 Å². The summed E-state index contributed by atoms with van der Waals surface area (Å²) in [4.78, 5) is 39.9. The molecule has 3 amide bonds. The van der Waals surface area contributed by atoms with Gasteiger partial charge in [0.25, 0.3) is 17.7 Å². The van der Waals surface area contributed by atoms with Gasteiger partial charge in [-0.1, -0.05) is 23.7 Å². The zero-order chi connectivity index (χ0) is 21.6. The van der Waals surface area contributed by atoms with Gasteiger partial charge in [-0.3, -0.25) is 19.3 Å². The third-order valence-corrected chi connectivity index (χ3v) is 6.85. The number of rotatable bonds is 5. The topological polar surface area (TPSA) is 75.7 Å². The molecule has 1 N–H and O–H groups in total. The Bertz CT molecular complexity index is 1060. The first kappa shape index (κ1) is 20.2. The summed E-state index contributed by atoms with van der Waals surface area (Å²) < 4.78 is 5.58. The molecule has 3 aliphatic rings. The van der Waals surface area contributed by atoms with Crippen LogP contribution in [0.3, 0.4) is 0 Å². The van der Waals surface area contributed by atoms with Crippen LogP contribution in [0.15, 0.2) is 42.5 Å². The molecule has 2 aromatic carbocycles. The molecule has 2 aromatic rings. The molecule has 5 rings (SSSR count). The highest BCUT2D eigenvalue weighted by molar-refractivity contribution is 6.30. The molecule has 1 saturated heterocycles. The number of amides is 3. The monoisotopic (exact) mass is 438 g/mol. The van der Waals surface area contributed by atoms with E-state index in [9.17, 15) is 14.4 Å². The Morgan fingerprint density at radius 3 is 2.45 bits per heavy atom. The summed E-state index contributed by atoms with van der Waals surface area (Å²) in [5.41, 5.74) is 1.60. The minimum Gasteiger partial charge on any atom is -0.376 e. The Morgan fingerprint density at radius 2 is 1.81 bits per heavy atom. The van der Waals surface area contributed by atoms with Gasteiger partial charge in [0.15, 0.2) is 0 Å². The molecule has 160 valence electrons. The van der Waals surface area contributed by atoms with E-state index in [0.29, 0.717) is 22.8 Å². The number of ether oxygens (including phenoxy) is 1. The van der Waals surface area contributed by atoms with Gasteiger partial charge in [0.05, 0.1) is 29.3 Å². The number of imide groups is 1. The van der Waals surface area contributed by atoms with E-state index in [1.165, 1.54) is 11.0 Å². The molecule has 0 bridgehead atoms. The molecule has 1 saturated carbocycles. The summed E-state index contributed by atoms with van der Waals surface area (Å²) in [6, 6.07) is 12.3. The summed E-state index contributed by atoms with van der Waals surface area (Å²) in [5, 5.41) is 3.81. The van der Waals surface area contributed by atoms with Gasteiger partial charge in [0.2, 0.25) is 0 Å². The molecule has 1 unspecified atom stereocenters. The van der Waals surface area contributed by atoms with Crippen molar-refractivity contribution >= 4 is 29.3 Å². The predicted molar refractivity (Wildman–Crippen MR) is 115 cm³/mol. The van der Waals surface area contributed by atoms with Gasteiger partial charge in [0.1, 0.15) is 0 Å². The molecule has 0 spiro atoms. The van der Waals surface area contributed by atoms with Crippen molar-refractivity contribution in [3.05, 3.63) is 69.7 Å². The first-order valence-electron chi connectivity index (χ1n) is 10.7. The number of fused-ring (bicyclic) bond motifs is 1. The van der Waals surface area contributed by atoms with Crippen LogP contribution in [0.4, 0.5) is 0 Å². The van der Waals surface area contributed by atoms with Gasteiger partial charge < -0.3 is 10.1 Å².